The zero-order valence-electron chi connectivity index (χ0n) is 6.54. The summed E-state index contributed by atoms with van der Waals surface area (Å²) in [6.45, 7) is 2.12. The van der Waals surface area contributed by atoms with E-state index in [1.807, 2.05) is 18.2 Å². The molecule has 2 nitrogen and oxygen atoms in total. The maximum absolute atomic E-state index is 8.52. The molecule has 1 heterocycles. The topological polar surface area (TPSA) is 36.7 Å². The molecule has 11 heavy (non-hydrogen) atoms. The molecule has 0 spiro atoms. The minimum Gasteiger partial charge on any atom is -0.246 e. The van der Waals surface area contributed by atoms with Crippen molar-refractivity contribution >= 4 is 0 Å². The number of hydrogen-bond acceptors (Lipinski definition) is 2. The SMILES string of the molecule is CCCc1ccnc(C#N)c1. The number of nitrogens with zero attached hydrogens (tertiary/aromatic N) is 2. The molecule has 0 amide bonds. The van der Waals surface area contributed by atoms with Crippen LogP contribution < -0.4 is 0 Å². The van der Waals surface area contributed by atoms with Crippen molar-refractivity contribution < 1.29 is 0 Å². The molecule has 0 aliphatic carbocycles. The third-order valence-electron chi connectivity index (χ3n) is 1.48. The first-order valence-electron chi connectivity index (χ1n) is 3.72. The van der Waals surface area contributed by atoms with E-state index in [1.54, 1.807) is 6.20 Å². The number of nitriles is 1. The Morgan fingerprint density at radius 3 is 3.09 bits per heavy atom. The second kappa shape index (κ2) is 3.72. The predicted molar refractivity (Wildman–Crippen MR) is 42.9 cm³/mol. The summed E-state index contributed by atoms with van der Waals surface area (Å²) < 4.78 is 0. The molecule has 0 aliphatic heterocycles. The van der Waals surface area contributed by atoms with E-state index < -0.39 is 0 Å². The molecule has 0 bridgehead atoms. The van der Waals surface area contributed by atoms with Crippen LogP contribution in [-0.2, 0) is 6.42 Å². The van der Waals surface area contributed by atoms with Crippen LogP contribution in [0.25, 0.3) is 0 Å². The Kier molecular flexibility index (Phi) is 2.62. The first-order valence-corrected chi connectivity index (χ1v) is 3.72. The summed E-state index contributed by atoms with van der Waals surface area (Å²) >= 11 is 0. The van der Waals surface area contributed by atoms with Gasteiger partial charge in [-0.1, -0.05) is 13.3 Å². The van der Waals surface area contributed by atoms with Crippen molar-refractivity contribution in [3.63, 3.8) is 0 Å². The van der Waals surface area contributed by atoms with Crippen LogP contribution in [0.4, 0.5) is 0 Å². The summed E-state index contributed by atoms with van der Waals surface area (Å²) in [5.41, 5.74) is 1.70. The average molecular weight is 146 g/mol. The molecule has 1 aromatic rings. The number of hydrogen-bond donors (Lipinski definition) is 0. The number of aryl methyl sites for hydroxylation is 1. The number of aromatic nitrogens is 1. The highest BCUT2D eigenvalue weighted by Crippen LogP contribution is 2.03. The lowest BCUT2D eigenvalue weighted by molar-refractivity contribution is 0.917. The van der Waals surface area contributed by atoms with Crippen LogP contribution in [0.5, 0.6) is 0 Å². The van der Waals surface area contributed by atoms with Gasteiger partial charge >= 0.3 is 0 Å². The van der Waals surface area contributed by atoms with Gasteiger partial charge < -0.3 is 0 Å². The molecule has 1 rings (SSSR count). The first kappa shape index (κ1) is 7.74. The number of rotatable bonds is 2. The van der Waals surface area contributed by atoms with E-state index in [4.69, 9.17) is 5.26 Å². The maximum atomic E-state index is 8.52. The normalized spacial score (nSPS) is 9.09. The van der Waals surface area contributed by atoms with Gasteiger partial charge in [-0.05, 0) is 24.1 Å². The van der Waals surface area contributed by atoms with E-state index in [0.29, 0.717) is 5.69 Å². The summed E-state index contributed by atoms with van der Waals surface area (Å²) in [5, 5.41) is 8.52. The molecule has 2 heteroatoms. The van der Waals surface area contributed by atoms with Crippen LogP contribution in [0.15, 0.2) is 18.3 Å². The fourth-order valence-corrected chi connectivity index (χ4v) is 0.980. The fourth-order valence-electron chi connectivity index (χ4n) is 0.980. The van der Waals surface area contributed by atoms with Gasteiger partial charge in [-0.15, -0.1) is 0 Å². The second-order valence-electron chi connectivity index (χ2n) is 2.41. The lowest BCUT2D eigenvalue weighted by Crippen LogP contribution is -1.86. The summed E-state index contributed by atoms with van der Waals surface area (Å²) in [6.07, 6.45) is 3.82. The Labute approximate surface area is 66.5 Å². The molecule has 0 N–H and O–H groups in total. The van der Waals surface area contributed by atoms with Crippen molar-refractivity contribution in [3.8, 4) is 6.07 Å². The molecule has 0 saturated carbocycles. The van der Waals surface area contributed by atoms with Crippen molar-refractivity contribution in [2.75, 3.05) is 0 Å². The molecular formula is C9H10N2. The smallest absolute Gasteiger partial charge is 0.140 e. The average Bonchev–Trinajstić information content (AvgIpc) is 2.06. The van der Waals surface area contributed by atoms with Crippen molar-refractivity contribution in [1.82, 2.24) is 4.98 Å². The molecule has 0 radical (unpaired) electrons. The van der Waals surface area contributed by atoms with Crippen molar-refractivity contribution in [3.05, 3.63) is 29.6 Å². The quantitative estimate of drug-likeness (QED) is 0.639. The maximum Gasteiger partial charge on any atom is 0.140 e. The fraction of sp³-hybridized carbons (Fsp3) is 0.333. The van der Waals surface area contributed by atoms with Crippen LogP contribution in [0.1, 0.15) is 24.6 Å². The van der Waals surface area contributed by atoms with Crippen molar-refractivity contribution in [2.45, 2.75) is 19.8 Å². The number of pyridine rings is 1. The van der Waals surface area contributed by atoms with E-state index in [2.05, 4.69) is 11.9 Å². The van der Waals surface area contributed by atoms with E-state index in [-0.39, 0.29) is 0 Å². The first-order chi connectivity index (χ1) is 5.36. The molecule has 0 unspecified atom stereocenters. The van der Waals surface area contributed by atoms with Gasteiger partial charge in [0.05, 0.1) is 0 Å². The Bertz CT molecular complexity index is 273. The third kappa shape index (κ3) is 2.05. The van der Waals surface area contributed by atoms with Crippen LogP contribution in [0, 0.1) is 11.3 Å². The molecule has 0 saturated heterocycles. The third-order valence-corrected chi connectivity index (χ3v) is 1.48. The largest absolute Gasteiger partial charge is 0.246 e. The predicted octanol–water partition coefficient (Wildman–Crippen LogP) is 1.91. The van der Waals surface area contributed by atoms with Crippen LogP contribution >= 0.6 is 0 Å². The highest BCUT2D eigenvalue weighted by atomic mass is 14.7. The monoisotopic (exact) mass is 146 g/mol. The minimum absolute atomic E-state index is 0.510. The Morgan fingerprint density at radius 2 is 2.45 bits per heavy atom. The van der Waals surface area contributed by atoms with Gasteiger partial charge in [-0.25, -0.2) is 4.98 Å². The summed E-state index contributed by atoms with van der Waals surface area (Å²) in [7, 11) is 0. The summed E-state index contributed by atoms with van der Waals surface area (Å²) in [5.74, 6) is 0. The van der Waals surface area contributed by atoms with Gasteiger partial charge in [0.15, 0.2) is 0 Å². The van der Waals surface area contributed by atoms with Crippen molar-refractivity contribution in [1.29, 1.82) is 5.26 Å². The highest BCUT2D eigenvalue weighted by Gasteiger charge is 1.93. The molecule has 1 aromatic heterocycles. The van der Waals surface area contributed by atoms with Crippen LogP contribution in [0.2, 0.25) is 0 Å². The van der Waals surface area contributed by atoms with E-state index in [9.17, 15) is 0 Å². The van der Waals surface area contributed by atoms with Gasteiger partial charge in [-0.3, -0.25) is 0 Å². The van der Waals surface area contributed by atoms with Crippen LogP contribution in [-0.4, -0.2) is 4.98 Å². The van der Waals surface area contributed by atoms with E-state index >= 15 is 0 Å². The zero-order chi connectivity index (χ0) is 8.10. The van der Waals surface area contributed by atoms with E-state index in [0.717, 1.165) is 12.8 Å². The second-order valence-corrected chi connectivity index (χ2v) is 2.41. The van der Waals surface area contributed by atoms with Gasteiger partial charge in [0.25, 0.3) is 0 Å². The lowest BCUT2D eigenvalue weighted by atomic mass is 10.1. The van der Waals surface area contributed by atoms with Gasteiger partial charge in [0, 0.05) is 6.20 Å². The minimum atomic E-state index is 0.510. The van der Waals surface area contributed by atoms with Crippen LogP contribution in [0.3, 0.4) is 0 Å². The zero-order valence-corrected chi connectivity index (χ0v) is 6.54. The van der Waals surface area contributed by atoms with Crippen molar-refractivity contribution in [2.24, 2.45) is 0 Å². The molecular weight excluding hydrogens is 136 g/mol. The molecule has 0 fully saturated rings. The van der Waals surface area contributed by atoms with Gasteiger partial charge in [0.1, 0.15) is 11.8 Å². The van der Waals surface area contributed by atoms with Gasteiger partial charge in [-0.2, -0.15) is 5.26 Å². The highest BCUT2D eigenvalue weighted by molar-refractivity contribution is 5.25. The van der Waals surface area contributed by atoms with Gasteiger partial charge in [0.2, 0.25) is 0 Å². The molecule has 0 aromatic carbocycles. The molecule has 56 valence electrons. The van der Waals surface area contributed by atoms with E-state index in [1.165, 1.54) is 5.56 Å². The Balaban J connectivity index is 2.85. The molecule has 0 atom stereocenters. The summed E-state index contributed by atoms with van der Waals surface area (Å²) in [4.78, 5) is 3.88. The summed E-state index contributed by atoms with van der Waals surface area (Å²) in [6, 6.07) is 5.80. The lowest BCUT2D eigenvalue weighted by Gasteiger charge is -1.95. The Morgan fingerprint density at radius 1 is 1.64 bits per heavy atom. The molecule has 0 aliphatic rings. The standard InChI is InChI=1S/C9H10N2/c1-2-3-8-4-5-11-9(6-8)7-10/h4-6H,2-3H2,1H3. The Hall–Kier alpha value is -1.36.